The summed E-state index contributed by atoms with van der Waals surface area (Å²) in [5.41, 5.74) is 2.11. The van der Waals surface area contributed by atoms with Gasteiger partial charge >= 0.3 is 17.9 Å². The van der Waals surface area contributed by atoms with Crippen molar-refractivity contribution in [3.63, 3.8) is 0 Å². The molecule has 180 valence electrons. The van der Waals surface area contributed by atoms with Crippen LogP contribution < -0.4 is 11.1 Å². The van der Waals surface area contributed by atoms with Crippen molar-refractivity contribution in [1.29, 1.82) is 0 Å². The molecule has 0 radical (unpaired) electrons. The van der Waals surface area contributed by atoms with Crippen LogP contribution in [0.15, 0.2) is 43.6 Å². The summed E-state index contributed by atoms with van der Waals surface area (Å²) in [6, 6.07) is 6.66. The summed E-state index contributed by atoms with van der Waals surface area (Å²) in [6.45, 7) is 2.78. The van der Waals surface area contributed by atoms with Crippen LogP contribution in [-0.2, 0) is 32.3 Å². The quantitative estimate of drug-likeness (QED) is 0.451. The standard InChI is InChI=1S/C23H24N2O9/c1-11(26)18-16-8-15(14-6-4-13(5-7-14)9-32-22(29)24-3)19(25(16)20(18)27)21(28)31-10-17-12(2)33-23(30)34-17/h4-7,11,16,18,26H,8-10H2,1-3H3,(H,24,29)/t11-,16-,18-/m1/s1. The molecule has 11 heteroatoms. The number of aliphatic hydroxyl groups is 1. The van der Waals surface area contributed by atoms with E-state index in [1.54, 1.807) is 31.2 Å². The number of hydrogen-bond acceptors (Lipinski definition) is 9. The summed E-state index contributed by atoms with van der Waals surface area (Å²) < 4.78 is 20.0. The van der Waals surface area contributed by atoms with Crippen molar-refractivity contribution in [3.8, 4) is 0 Å². The minimum atomic E-state index is -0.900. The van der Waals surface area contributed by atoms with E-state index in [9.17, 15) is 24.3 Å². The number of amides is 2. The van der Waals surface area contributed by atoms with E-state index < -0.39 is 29.9 Å². The van der Waals surface area contributed by atoms with Crippen LogP contribution in [0.25, 0.3) is 5.57 Å². The lowest BCUT2D eigenvalue weighted by atomic mass is 9.82. The van der Waals surface area contributed by atoms with Crippen molar-refractivity contribution in [2.24, 2.45) is 5.92 Å². The first-order valence-electron chi connectivity index (χ1n) is 10.7. The zero-order chi connectivity index (χ0) is 24.6. The second kappa shape index (κ2) is 9.18. The van der Waals surface area contributed by atoms with Gasteiger partial charge in [-0.2, -0.15) is 0 Å². The fourth-order valence-electron chi connectivity index (χ4n) is 4.25. The molecule has 2 aliphatic rings. The van der Waals surface area contributed by atoms with Gasteiger partial charge < -0.3 is 33.6 Å². The first kappa shape index (κ1) is 23.3. The molecule has 2 aromatic rings. The van der Waals surface area contributed by atoms with E-state index in [-0.39, 0.29) is 42.4 Å². The number of carbonyl (C=O) groups excluding carboxylic acids is 3. The zero-order valence-electron chi connectivity index (χ0n) is 18.8. The summed E-state index contributed by atoms with van der Waals surface area (Å²) in [7, 11) is 1.46. The van der Waals surface area contributed by atoms with Gasteiger partial charge in [0.1, 0.15) is 12.3 Å². The molecule has 1 aromatic carbocycles. The van der Waals surface area contributed by atoms with Gasteiger partial charge in [-0.3, -0.25) is 4.79 Å². The fourth-order valence-corrected chi connectivity index (χ4v) is 4.25. The molecule has 2 N–H and O–H groups in total. The molecule has 34 heavy (non-hydrogen) atoms. The average molecular weight is 472 g/mol. The molecule has 1 fully saturated rings. The highest BCUT2D eigenvalue weighted by Crippen LogP contribution is 2.47. The second-order valence-corrected chi connectivity index (χ2v) is 8.11. The van der Waals surface area contributed by atoms with E-state index in [2.05, 4.69) is 5.32 Å². The Kier molecular flexibility index (Phi) is 6.29. The predicted octanol–water partition coefficient (Wildman–Crippen LogP) is 1.46. The highest BCUT2D eigenvalue weighted by Gasteiger charge is 2.57. The lowest BCUT2D eigenvalue weighted by Gasteiger charge is -2.44. The van der Waals surface area contributed by atoms with Gasteiger partial charge in [0.05, 0.1) is 18.1 Å². The van der Waals surface area contributed by atoms with Crippen LogP contribution >= 0.6 is 0 Å². The van der Waals surface area contributed by atoms with E-state index in [0.717, 1.165) is 5.56 Å². The van der Waals surface area contributed by atoms with Gasteiger partial charge in [-0.25, -0.2) is 14.4 Å². The molecule has 0 unspecified atom stereocenters. The highest BCUT2D eigenvalue weighted by atomic mass is 16.6. The molecular weight excluding hydrogens is 448 g/mol. The summed E-state index contributed by atoms with van der Waals surface area (Å²) in [4.78, 5) is 49.7. The Bertz CT molecular complexity index is 1210. The number of hydrogen-bond donors (Lipinski definition) is 2. The average Bonchev–Trinajstić information content (AvgIpc) is 3.31. The molecule has 3 atom stereocenters. The molecular formula is C23H24N2O9. The highest BCUT2D eigenvalue weighted by molar-refractivity contribution is 6.06. The van der Waals surface area contributed by atoms with Crippen molar-refractivity contribution >= 4 is 23.5 Å². The summed E-state index contributed by atoms with van der Waals surface area (Å²) in [6.07, 6.45) is -1.06. The number of aliphatic hydroxyl groups excluding tert-OH is 1. The Balaban J connectivity index is 1.59. The summed E-state index contributed by atoms with van der Waals surface area (Å²) in [5.74, 6) is -2.36. The summed E-state index contributed by atoms with van der Waals surface area (Å²) in [5, 5.41) is 12.4. The third kappa shape index (κ3) is 4.21. The number of fused-ring (bicyclic) bond motifs is 1. The molecule has 2 amide bonds. The third-order valence-electron chi connectivity index (χ3n) is 5.97. The van der Waals surface area contributed by atoms with E-state index in [0.29, 0.717) is 17.6 Å². The molecule has 0 aliphatic carbocycles. The number of alkyl carbamates (subject to hydrolysis) is 1. The van der Waals surface area contributed by atoms with Crippen molar-refractivity contribution < 1.29 is 37.8 Å². The van der Waals surface area contributed by atoms with Crippen LogP contribution in [0.5, 0.6) is 0 Å². The van der Waals surface area contributed by atoms with Gasteiger partial charge in [0.15, 0.2) is 18.1 Å². The van der Waals surface area contributed by atoms with Crippen LogP contribution in [0, 0.1) is 12.8 Å². The Morgan fingerprint density at radius 3 is 2.47 bits per heavy atom. The molecule has 0 spiro atoms. The molecule has 0 saturated carbocycles. The maximum atomic E-state index is 13.1. The molecule has 2 aliphatic heterocycles. The fraction of sp³-hybridized carbons (Fsp3) is 0.391. The number of ether oxygens (including phenoxy) is 2. The largest absolute Gasteiger partial charge is 0.519 e. The van der Waals surface area contributed by atoms with Crippen LogP contribution in [-0.4, -0.2) is 47.2 Å². The number of β-lactam (4-membered cyclic amide) rings is 1. The summed E-state index contributed by atoms with van der Waals surface area (Å²) >= 11 is 0. The van der Waals surface area contributed by atoms with Crippen LogP contribution in [0.3, 0.4) is 0 Å². The number of esters is 1. The first-order valence-corrected chi connectivity index (χ1v) is 10.7. The minimum absolute atomic E-state index is 0.0699. The molecule has 1 saturated heterocycles. The van der Waals surface area contributed by atoms with Crippen LogP contribution in [0.1, 0.15) is 36.0 Å². The third-order valence-corrected chi connectivity index (χ3v) is 5.97. The Morgan fingerprint density at radius 2 is 1.88 bits per heavy atom. The topological polar surface area (TPSA) is 149 Å². The van der Waals surface area contributed by atoms with E-state index in [1.165, 1.54) is 18.9 Å². The zero-order valence-corrected chi connectivity index (χ0v) is 18.8. The number of benzene rings is 1. The molecule has 1 aromatic heterocycles. The Labute approximate surface area is 193 Å². The number of rotatable bonds is 7. The maximum absolute atomic E-state index is 13.1. The van der Waals surface area contributed by atoms with Gasteiger partial charge in [-0.05, 0) is 37.0 Å². The van der Waals surface area contributed by atoms with Crippen molar-refractivity contribution in [3.05, 3.63) is 63.2 Å². The maximum Gasteiger partial charge on any atom is 0.519 e. The minimum Gasteiger partial charge on any atom is -0.453 e. The monoisotopic (exact) mass is 472 g/mol. The lowest BCUT2D eigenvalue weighted by Crippen LogP contribution is -2.61. The number of nitrogens with zero attached hydrogens (tertiary/aromatic N) is 1. The van der Waals surface area contributed by atoms with Gasteiger partial charge in [0.2, 0.25) is 5.91 Å². The van der Waals surface area contributed by atoms with E-state index in [1.807, 2.05) is 0 Å². The molecule has 0 bridgehead atoms. The smallest absolute Gasteiger partial charge is 0.453 e. The Morgan fingerprint density at radius 1 is 1.18 bits per heavy atom. The van der Waals surface area contributed by atoms with E-state index in [4.69, 9.17) is 18.3 Å². The van der Waals surface area contributed by atoms with Crippen LogP contribution in [0.4, 0.5) is 4.79 Å². The van der Waals surface area contributed by atoms with Crippen molar-refractivity contribution in [2.75, 3.05) is 7.05 Å². The van der Waals surface area contributed by atoms with Gasteiger partial charge in [-0.15, -0.1) is 0 Å². The molecule has 4 rings (SSSR count). The lowest BCUT2D eigenvalue weighted by molar-refractivity contribution is -0.162. The van der Waals surface area contributed by atoms with Crippen molar-refractivity contribution in [1.82, 2.24) is 10.2 Å². The normalized spacial score (nSPS) is 20.0. The van der Waals surface area contributed by atoms with E-state index >= 15 is 0 Å². The first-order chi connectivity index (χ1) is 16.2. The number of aryl methyl sites for hydroxylation is 1. The SMILES string of the molecule is CNC(=O)OCc1ccc(C2=C(C(=O)OCc3oc(=O)oc3C)N3C(=O)[C@H]([C@@H](C)O)[C@H]3C2)cc1. The van der Waals surface area contributed by atoms with Crippen molar-refractivity contribution in [2.45, 2.75) is 45.6 Å². The number of nitrogens with one attached hydrogen (secondary N) is 1. The molecule has 11 nitrogen and oxygen atoms in total. The Hall–Kier alpha value is -3.86. The number of carbonyl (C=O) groups is 3. The van der Waals surface area contributed by atoms with Crippen LogP contribution in [0.2, 0.25) is 0 Å². The molecule has 3 heterocycles. The predicted molar refractivity (Wildman–Crippen MR) is 115 cm³/mol. The van der Waals surface area contributed by atoms with Gasteiger partial charge in [0.25, 0.3) is 0 Å². The van der Waals surface area contributed by atoms with Gasteiger partial charge in [0, 0.05) is 7.05 Å². The van der Waals surface area contributed by atoms with Gasteiger partial charge in [-0.1, -0.05) is 24.3 Å². The second-order valence-electron chi connectivity index (χ2n) is 8.11.